The van der Waals surface area contributed by atoms with E-state index in [0.29, 0.717) is 12.0 Å². The highest BCUT2D eigenvalue weighted by Crippen LogP contribution is 2.22. The molecule has 1 atom stereocenters. The predicted molar refractivity (Wildman–Crippen MR) is 89.2 cm³/mol. The van der Waals surface area contributed by atoms with Crippen LogP contribution in [0.5, 0.6) is 0 Å². The molecular formula is C16H29N5. The molecule has 2 heterocycles. The summed E-state index contributed by atoms with van der Waals surface area (Å²) in [6.07, 6.45) is 2.59. The molecule has 118 valence electrons. The minimum Gasteiger partial charge on any atom is -0.370 e. The van der Waals surface area contributed by atoms with Crippen LogP contribution in [0, 0.1) is 0 Å². The van der Waals surface area contributed by atoms with Gasteiger partial charge in [-0.25, -0.2) is 9.97 Å². The molecule has 0 bridgehead atoms. The average molecular weight is 291 g/mol. The van der Waals surface area contributed by atoms with Crippen molar-refractivity contribution in [3.63, 3.8) is 0 Å². The second kappa shape index (κ2) is 7.07. The minimum atomic E-state index is 0.338. The minimum absolute atomic E-state index is 0.338. The van der Waals surface area contributed by atoms with E-state index in [0.717, 1.165) is 30.5 Å². The van der Waals surface area contributed by atoms with Gasteiger partial charge in [0.15, 0.2) is 0 Å². The molecule has 0 spiro atoms. The zero-order valence-corrected chi connectivity index (χ0v) is 14.1. The van der Waals surface area contributed by atoms with Crippen LogP contribution in [0.4, 0.5) is 11.6 Å². The molecule has 1 unspecified atom stereocenters. The number of hydrogen-bond donors (Lipinski definition) is 1. The lowest BCUT2D eigenvalue weighted by molar-refractivity contribution is 0.314. The molecular weight excluding hydrogens is 262 g/mol. The Morgan fingerprint density at radius 2 is 2.19 bits per heavy atom. The van der Waals surface area contributed by atoms with Gasteiger partial charge in [0, 0.05) is 38.2 Å². The van der Waals surface area contributed by atoms with Crippen LogP contribution in [0.1, 0.15) is 45.4 Å². The van der Waals surface area contributed by atoms with Crippen LogP contribution in [-0.4, -0.2) is 54.6 Å². The monoisotopic (exact) mass is 291 g/mol. The van der Waals surface area contributed by atoms with Crippen molar-refractivity contribution >= 4 is 11.6 Å². The molecule has 1 fully saturated rings. The van der Waals surface area contributed by atoms with E-state index in [4.69, 9.17) is 4.98 Å². The van der Waals surface area contributed by atoms with Gasteiger partial charge in [0.25, 0.3) is 0 Å². The van der Waals surface area contributed by atoms with Crippen molar-refractivity contribution in [2.45, 2.75) is 45.6 Å². The first-order chi connectivity index (χ1) is 10.0. The smallest absolute Gasteiger partial charge is 0.135 e. The number of rotatable bonds is 6. The number of nitrogens with zero attached hydrogens (tertiary/aromatic N) is 4. The summed E-state index contributed by atoms with van der Waals surface area (Å²) >= 11 is 0. The highest BCUT2D eigenvalue weighted by atomic mass is 15.2. The van der Waals surface area contributed by atoms with Gasteiger partial charge in [0.05, 0.1) is 0 Å². The number of aromatic nitrogens is 2. The molecule has 2 rings (SSSR count). The Kier molecular flexibility index (Phi) is 5.39. The molecule has 1 N–H and O–H groups in total. The Balaban J connectivity index is 2.16. The molecule has 0 aromatic carbocycles. The number of anilines is 2. The first kappa shape index (κ1) is 16.0. The molecule has 1 aromatic rings. The molecule has 1 aromatic heterocycles. The van der Waals surface area contributed by atoms with E-state index in [1.807, 2.05) is 0 Å². The third-order valence-corrected chi connectivity index (χ3v) is 4.15. The zero-order chi connectivity index (χ0) is 15.4. The maximum atomic E-state index is 4.74. The summed E-state index contributed by atoms with van der Waals surface area (Å²) in [6.45, 7) is 9.48. The molecule has 1 aliphatic heterocycles. The summed E-state index contributed by atoms with van der Waals surface area (Å²) < 4.78 is 0. The average Bonchev–Trinajstić information content (AvgIpc) is 2.84. The molecule has 0 aliphatic carbocycles. The van der Waals surface area contributed by atoms with Crippen LogP contribution in [0.25, 0.3) is 0 Å². The van der Waals surface area contributed by atoms with Crippen molar-refractivity contribution in [2.24, 2.45) is 0 Å². The van der Waals surface area contributed by atoms with E-state index in [1.54, 1.807) is 0 Å². The van der Waals surface area contributed by atoms with Gasteiger partial charge in [-0.2, -0.15) is 0 Å². The zero-order valence-electron chi connectivity index (χ0n) is 14.1. The van der Waals surface area contributed by atoms with Crippen molar-refractivity contribution in [2.75, 3.05) is 43.9 Å². The van der Waals surface area contributed by atoms with Crippen molar-refractivity contribution in [1.82, 2.24) is 14.9 Å². The summed E-state index contributed by atoms with van der Waals surface area (Å²) in [5.74, 6) is 3.20. The summed E-state index contributed by atoms with van der Waals surface area (Å²) in [6, 6.07) is 2.69. The topological polar surface area (TPSA) is 44.3 Å². The quantitative estimate of drug-likeness (QED) is 0.872. The fourth-order valence-corrected chi connectivity index (χ4v) is 2.80. The lowest BCUT2D eigenvalue weighted by Crippen LogP contribution is -2.37. The standard InChI is InChI=1S/C16H29N5/c1-6-17-14-10-15(19-16(18-14)12(2)3)21(5)11-13-8-7-9-20(13)4/h10,12-13H,6-9,11H2,1-5H3,(H,17,18,19). The van der Waals surface area contributed by atoms with Gasteiger partial charge in [-0.05, 0) is 33.4 Å². The lowest BCUT2D eigenvalue weighted by Gasteiger charge is -2.27. The van der Waals surface area contributed by atoms with E-state index in [2.05, 4.69) is 61.0 Å². The van der Waals surface area contributed by atoms with Crippen LogP contribution in [-0.2, 0) is 0 Å². The normalized spacial score (nSPS) is 19.2. The largest absolute Gasteiger partial charge is 0.370 e. The van der Waals surface area contributed by atoms with Crippen LogP contribution < -0.4 is 10.2 Å². The maximum absolute atomic E-state index is 4.74. The SMILES string of the molecule is CCNc1cc(N(C)CC2CCCN2C)nc(C(C)C)n1. The Morgan fingerprint density at radius 1 is 1.43 bits per heavy atom. The van der Waals surface area contributed by atoms with Crippen molar-refractivity contribution in [3.8, 4) is 0 Å². The van der Waals surface area contributed by atoms with Crippen molar-refractivity contribution < 1.29 is 0 Å². The van der Waals surface area contributed by atoms with Crippen molar-refractivity contribution in [3.05, 3.63) is 11.9 Å². The molecule has 21 heavy (non-hydrogen) atoms. The number of likely N-dealkylation sites (tertiary alicyclic amines) is 1. The van der Waals surface area contributed by atoms with Gasteiger partial charge in [0.1, 0.15) is 17.5 Å². The van der Waals surface area contributed by atoms with Crippen molar-refractivity contribution in [1.29, 1.82) is 0 Å². The molecule has 5 heteroatoms. The third kappa shape index (κ3) is 4.06. The first-order valence-electron chi connectivity index (χ1n) is 8.05. The Morgan fingerprint density at radius 3 is 2.76 bits per heavy atom. The van der Waals surface area contributed by atoms with Crippen LogP contribution in [0.2, 0.25) is 0 Å². The van der Waals surface area contributed by atoms with E-state index >= 15 is 0 Å². The Hall–Kier alpha value is -1.36. The van der Waals surface area contributed by atoms with E-state index in [9.17, 15) is 0 Å². The van der Waals surface area contributed by atoms with Gasteiger partial charge in [0.2, 0.25) is 0 Å². The van der Waals surface area contributed by atoms with Gasteiger partial charge in [-0.3, -0.25) is 0 Å². The van der Waals surface area contributed by atoms with Crippen LogP contribution >= 0.6 is 0 Å². The van der Waals surface area contributed by atoms with Gasteiger partial charge in [-0.1, -0.05) is 13.8 Å². The summed E-state index contributed by atoms with van der Waals surface area (Å²) in [5, 5.41) is 3.31. The number of likely N-dealkylation sites (N-methyl/N-ethyl adjacent to an activating group) is 2. The van der Waals surface area contributed by atoms with E-state index in [-0.39, 0.29) is 0 Å². The summed E-state index contributed by atoms with van der Waals surface area (Å²) in [4.78, 5) is 14.0. The molecule has 1 aliphatic rings. The first-order valence-corrected chi connectivity index (χ1v) is 8.05. The molecule has 0 radical (unpaired) electrons. The summed E-state index contributed by atoms with van der Waals surface area (Å²) in [7, 11) is 4.35. The molecule has 1 saturated heterocycles. The molecule has 0 amide bonds. The number of hydrogen-bond acceptors (Lipinski definition) is 5. The fourth-order valence-electron chi connectivity index (χ4n) is 2.80. The van der Waals surface area contributed by atoms with Crippen LogP contribution in [0.3, 0.4) is 0 Å². The second-order valence-corrected chi connectivity index (χ2v) is 6.31. The number of nitrogens with one attached hydrogen (secondary N) is 1. The Bertz CT molecular complexity index is 460. The van der Waals surface area contributed by atoms with Crippen LogP contribution in [0.15, 0.2) is 6.07 Å². The second-order valence-electron chi connectivity index (χ2n) is 6.31. The highest BCUT2D eigenvalue weighted by Gasteiger charge is 2.23. The van der Waals surface area contributed by atoms with Gasteiger partial charge >= 0.3 is 0 Å². The molecule has 5 nitrogen and oxygen atoms in total. The maximum Gasteiger partial charge on any atom is 0.135 e. The Labute approximate surface area is 128 Å². The fraction of sp³-hybridized carbons (Fsp3) is 0.750. The summed E-state index contributed by atoms with van der Waals surface area (Å²) in [5.41, 5.74) is 0. The highest BCUT2D eigenvalue weighted by molar-refractivity contribution is 5.49. The molecule has 0 saturated carbocycles. The lowest BCUT2D eigenvalue weighted by atomic mass is 10.2. The van der Waals surface area contributed by atoms with E-state index in [1.165, 1.54) is 19.4 Å². The third-order valence-electron chi connectivity index (χ3n) is 4.15. The predicted octanol–water partition coefficient (Wildman–Crippen LogP) is 2.56. The van der Waals surface area contributed by atoms with Gasteiger partial charge in [-0.15, -0.1) is 0 Å². The van der Waals surface area contributed by atoms with E-state index < -0.39 is 0 Å². The van der Waals surface area contributed by atoms with Gasteiger partial charge < -0.3 is 15.1 Å².